The maximum absolute atomic E-state index is 12.9. The number of para-hydroxylation sites is 1. The predicted octanol–water partition coefficient (Wildman–Crippen LogP) is 4.10. The number of alkyl halides is 3. The molecule has 32 heavy (non-hydrogen) atoms. The van der Waals surface area contributed by atoms with Gasteiger partial charge in [-0.2, -0.15) is 18.3 Å². The number of nitrogens with zero attached hydrogens (tertiary/aromatic N) is 5. The van der Waals surface area contributed by atoms with E-state index in [4.69, 9.17) is 0 Å². The van der Waals surface area contributed by atoms with E-state index in [0.29, 0.717) is 31.7 Å². The Kier molecular flexibility index (Phi) is 6.01. The lowest BCUT2D eigenvalue weighted by molar-refractivity contribution is -0.141. The molecule has 1 unspecified atom stereocenters. The highest BCUT2D eigenvalue weighted by atomic mass is 19.4. The van der Waals surface area contributed by atoms with Crippen LogP contribution in [0.1, 0.15) is 23.2 Å². The van der Waals surface area contributed by atoms with Crippen LogP contribution in [0.3, 0.4) is 0 Å². The highest BCUT2D eigenvalue weighted by Gasteiger charge is 2.32. The van der Waals surface area contributed by atoms with Gasteiger partial charge in [0, 0.05) is 54.9 Å². The minimum absolute atomic E-state index is 0.458. The van der Waals surface area contributed by atoms with Crippen LogP contribution >= 0.6 is 0 Å². The van der Waals surface area contributed by atoms with Crippen molar-refractivity contribution in [2.24, 2.45) is 0 Å². The van der Waals surface area contributed by atoms with Gasteiger partial charge in [0.1, 0.15) is 5.69 Å². The Balaban J connectivity index is 1.52. The van der Waals surface area contributed by atoms with Crippen molar-refractivity contribution in [3.8, 4) is 11.1 Å². The lowest BCUT2D eigenvalue weighted by Gasteiger charge is -2.39. The van der Waals surface area contributed by atoms with Gasteiger partial charge in [-0.1, -0.05) is 24.3 Å². The second-order valence-electron chi connectivity index (χ2n) is 7.89. The predicted molar refractivity (Wildman–Crippen MR) is 115 cm³/mol. The molecule has 4 rings (SSSR count). The van der Waals surface area contributed by atoms with Crippen molar-refractivity contribution in [3.05, 3.63) is 65.7 Å². The number of hydrogen-bond acceptors (Lipinski definition) is 5. The summed E-state index contributed by atoms with van der Waals surface area (Å²) in [4.78, 5) is 19.7. The van der Waals surface area contributed by atoms with Crippen molar-refractivity contribution in [3.63, 3.8) is 0 Å². The van der Waals surface area contributed by atoms with E-state index in [0.717, 1.165) is 35.0 Å². The molecule has 6 nitrogen and oxygen atoms in total. The van der Waals surface area contributed by atoms with Gasteiger partial charge >= 0.3 is 6.18 Å². The van der Waals surface area contributed by atoms with E-state index < -0.39 is 18.0 Å². The van der Waals surface area contributed by atoms with Crippen LogP contribution in [0.4, 0.5) is 18.9 Å². The summed E-state index contributed by atoms with van der Waals surface area (Å²) in [7, 11) is 0. The highest BCUT2D eigenvalue weighted by Crippen LogP contribution is 2.34. The second-order valence-corrected chi connectivity index (χ2v) is 7.89. The van der Waals surface area contributed by atoms with Crippen molar-refractivity contribution in [1.29, 1.82) is 0 Å². The minimum Gasteiger partial charge on any atom is -0.368 e. The van der Waals surface area contributed by atoms with Crippen LogP contribution in [0.15, 0.2) is 48.7 Å². The molecule has 0 radical (unpaired) electrons. The van der Waals surface area contributed by atoms with Gasteiger partial charge in [0.05, 0.1) is 5.69 Å². The lowest BCUT2D eigenvalue weighted by Crippen LogP contribution is -2.49. The third-order valence-electron chi connectivity index (χ3n) is 5.71. The molecule has 1 saturated heterocycles. The van der Waals surface area contributed by atoms with Gasteiger partial charge in [-0.15, -0.1) is 0 Å². The maximum atomic E-state index is 12.9. The van der Waals surface area contributed by atoms with Gasteiger partial charge in [-0.05, 0) is 32.0 Å². The average molecular weight is 443 g/mol. The Morgan fingerprint density at radius 1 is 1.03 bits per heavy atom. The molecule has 1 aliphatic heterocycles. The summed E-state index contributed by atoms with van der Waals surface area (Å²) in [5, 5.41) is 4.45. The number of anilines is 1. The zero-order valence-corrected chi connectivity index (χ0v) is 17.9. The van der Waals surface area contributed by atoms with Gasteiger partial charge in [-0.3, -0.25) is 14.7 Å². The molecule has 0 spiro atoms. The average Bonchev–Trinajstić information content (AvgIpc) is 3.12. The van der Waals surface area contributed by atoms with E-state index in [2.05, 4.69) is 19.9 Å². The molecule has 1 aliphatic rings. The molecule has 1 aromatic carbocycles. The van der Waals surface area contributed by atoms with Crippen molar-refractivity contribution in [1.82, 2.24) is 19.7 Å². The smallest absolute Gasteiger partial charge is 0.368 e. The Labute approximate surface area is 184 Å². The van der Waals surface area contributed by atoms with Crippen LogP contribution in [-0.2, 0) is 11.0 Å². The monoisotopic (exact) mass is 443 g/mol. The van der Waals surface area contributed by atoms with E-state index in [1.165, 1.54) is 12.3 Å². The molecule has 0 amide bonds. The zero-order valence-electron chi connectivity index (χ0n) is 17.9. The number of aldehydes is 1. The molecule has 0 aliphatic carbocycles. The summed E-state index contributed by atoms with van der Waals surface area (Å²) in [6.45, 7) is 6.49. The van der Waals surface area contributed by atoms with Crippen LogP contribution < -0.4 is 4.90 Å². The van der Waals surface area contributed by atoms with E-state index in [-0.39, 0.29) is 0 Å². The fourth-order valence-corrected chi connectivity index (χ4v) is 4.15. The fourth-order valence-electron chi connectivity index (χ4n) is 4.15. The van der Waals surface area contributed by atoms with Crippen LogP contribution in [0.2, 0.25) is 0 Å². The quantitative estimate of drug-likeness (QED) is 0.556. The number of carbonyl (C=O) groups excluding carboxylic acids is 1. The van der Waals surface area contributed by atoms with Crippen LogP contribution in [-0.4, -0.2) is 52.1 Å². The number of benzene rings is 1. The van der Waals surface area contributed by atoms with E-state index in [1.54, 1.807) is 4.68 Å². The first kappa shape index (κ1) is 22.0. The zero-order chi connectivity index (χ0) is 22.9. The summed E-state index contributed by atoms with van der Waals surface area (Å²) >= 11 is 0. The van der Waals surface area contributed by atoms with Crippen molar-refractivity contribution >= 4 is 12.0 Å². The Morgan fingerprint density at radius 2 is 1.75 bits per heavy atom. The first-order chi connectivity index (χ1) is 15.3. The highest BCUT2D eigenvalue weighted by molar-refractivity contribution is 5.78. The molecular weight excluding hydrogens is 419 g/mol. The van der Waals surface area contributed by atoms with Gasteiger partial charge < -0.3 is 4.90 Å². The van der Waals surface area contributed by atoms with Gasteiger partial charge in [0.15, 0.2) is 12.5 Å². The number of pyridine rings is 1. The molecule has 0 N–H and O–H groups in total. The third kappa shape index (κ3) is 4.38. The van der Waals surface area contributed by atoms with E-state index in [9.17, 15) is 18.0 Å². The van der Waals surface area contributed by atoms with Crippen LogP contribution in [0.25, 0.3) is 11.1 Å². The molecule has 3 aromatic rings. The van der Waals surface area contributed by atoms with Crippen molar-refractivity contribution in [2.75, 3.05) is 31.1 Å². The van der Waals surface area contributed by atoms with Crippen molar-refractivity contribution < 1.29 is 18.0 Å². The Hall–Kier alpha value is -3.20. The molecule has 9 heteroatoms. The standard InChI is InChI=1S/C23H24F3N5O/c1-16-13-17(2)31(28-16)22(15-32)30-11-9-29(10-12-30)20-6-4-3-5-19(20)18-7-8-21(27-14-18)23(24,25)26/h3-8,13-15,22H,9-12H2,1-2H3. The number of aryl methyl sites for hydroxylation is 2. The summed E-state index contributed by atoms with van der Waals surface area (Å²) in [5.41, 5.74) is 3.28. The van der Waals surface area contributed by atoms with Crippen LogP contribution in [0, 0.1) is 13.8 Å². The molecule has 0 saturated carbocycles. The minimum atomic E-state index is -4.46. The molecule has 1 atom stereocenters. The summed E-state index contributed by atoms with van der Waals surface area (Å²) in [5.74, 6) is 0. The Bertz CT molecular complexity index is 1090. The molecule has 3 heterocycles. The summed E-state index contributed by atoms with van der Waals surface area (Å²) in [6, 6.07) is 12.0. The number of hydrogen-bond donors (Lipinski definition) is 0. The first-order valence-electron chi connectivity index (χ1n) is 10.4. The molecule has 1 fully saturated rings. The topological polar surface area (TPSA) is 54.3 Å². The molecule has 2 aromatic heterocycles. The Morgan fingerprint density at radius 3 is 2.31 bits per heavy atom. The largest absolute Gasteiger partial charge is 0.433 e. The van der Waals surface area contributed by atoms with Gasteiger partial charge in [-0.25, -0.2) is 4.68 Å². The summed E-state index contributed by atoms with van der Waals surface area (Å²) < 4.78 is 40.3. The normalized spacial score (nSPS) is 16.2. The third-order valence-corrected chi connectivity index (χ3v) is 5.71. The number of aromatic nitrogens is 3. The van der Waals surface area contributed by atoms with E-state index >= 15 is 0 Å². The molecule has 168 valence electrons. The van der Waals surface area contributed by atoms with Gasteiger partial charge in [0.2, 0.25) is 0 Å². The number of rotatable bonds is 5. The van der Waals surface area contributed by atoms with Crippen molar-refractivity contribution in [2.45, 2.75) is 26.2 Å². The molecular formula is C23H24F3N5O. The summed E-state index contributed by atoms with van der Waals surface area (Å²) in [6.07, 6.45) is -2.74. The lowest BCUT2D eigenvalue weighted by atomic mass is 10.0. The maximum Gasteiger partial charge on any atom is 0.433 e. The second kappa shape index (κ2) is 8.74. The fraction of sp³-hybridized carbons (Fsp3) is 0.348. The van der Waals surface area contributed by atoms with Crippen LogP contribution in [0.5, 0.6) is 0 Å². The number of piperazine rings is 1. The first-order valence-corrected chi connectivity index (χ1v) is 10.4. The van der Waals surface area contributed by atoms with Gasteiger partial charge in [0.25, 0.3) is 0 Å². The number of halogens is 3. The SMILES string of the molecule is Cc1cc(C)n(C(C=O)N2CCN(c3ccccc3-c3ccc(C(F)(F)F)nc3)CC2)n1. The van der Waals surface area contributed by atoms with E-state index in [1.807, 2.05) is 44.2 Å². The number of carbonyl (C=O) groups is 1. The molecule has 0 bridgehead atoms.